The Labute approximate surface area is 189 Å². The Hall–Kier alpha value is -2.97. The number of ether oxygens (including phenoxy) is 1. The highest BCUT2D eigenvalue weighted by molar-refractivity contribution is 6.30. The Kier molecular flexibility index (Phi) is 6.17. The molecular weight excluding hydrogens is 437 g/mol. The van der Waals surface area contributed by atoms with Gasteiger partial charge >= 0.3 is 0 Å². The van der Waals surface area contributed by atoms with Crippen LogP contribution in [0.25, 0.3) is 0 Å². The number of carbonyl (C=O) groups excluding carboxylic acids is 2. The molecule has 0 spiro atoms. The molecule has 0 aliphatic heterocycles. The van der Waals surface area contributed by atoms with Crippen molar-refractivity contribution in [1.29, 1.82) is 0 Å². The van der Waals surface area contributed by atoms with E-state index >= 15 is 0 Å². The van der Waals surface area contributed by atoms with Crippen molar-refractivity contribution in [3.05, 3.63) is 69.9 Å². The Morgan fingerprint density at radius 3 is 2.72 bits per heavy atom. The number of aliphatic hydroxyl groups excluding tert-OH is 1. The first-order chi connectivity index (χ1) is 15.3. The zero-order valence-corrected chi connectivity index (χ0v) is 18.2. The number of hydrogen-bond donors (Lipinski definition) is 3. The number of fused-ring (bicyclic) bond motifs is 2. The number of amides is 2. The van der Waals surface area contributed by atoms with E-state index in [1.807, 2.05) is 13.0 Å². The lowest BCUT2D eigenvalue weighted by Crippen LogP contribution is -2.61. The van der Waals surface area contributed by atoms with Crippen LogP contribution in [0.2, 0.25) is 5.02 Å². The lowest BCUT2D eigenvalue weighted by molar-refractivity contribution is -0.123. The van der Waals surface area contributed by atoms with Crippen molar-refractivity contribution in [2.45, 2.75) is 44.2 Å². The molecule has 32 heavy (non-hydrogen) atoms. The van der Waals surface area contributed by atoms with Crippen molar-refractivity contribution >= 4 is 23.4 Å². The molecular formula is C23H23ClFN3O4. The fourth-order valence-corrected chi connectivity index (χ4v) is 4.21. The van der Waals surface area contributed by atoms with Crippen LogP contribution in [-0.4, -0.2) is 40.2 Å². The summed E-state index contributed by atoms with van der Waals surface area (Å²) in [5.41, 5.74) is 2.17. The molecule has 3 aliphatic carbocycles. The highest BCUT2D eigenvalue weighted by Gasteiger charge is 2.50. The molecule has 168 valence electrons. The molecule has 1 saturated carbocycles. The number of aryl methyl sites for hydroxylation is 1. The summed E-state index contributed by atoms with van der Waals surface area (Å²) in [6.45, 7) is 1.67. The van der Waals surface area contributed by atoms with Gasteiger partial charge in [0.05, 0.1) is 16.7 Å². The average Bonchev–Trinajstić information content (AvgIpc) is 2.75. The topological polar surface area (TPSA) is 101 Å². The quantitative estimate of drug-likeness (QED) is 0.591. The van der Waals surface area contributed by atoms with Crippen LogP contribution in [0.3, 0.4) is 0 Å². The number of hydrogen-bond acceptors (Lipinski definition) is 5. The molecule has 2 amide bonds. The molecule has 0 radical (unpaired) electrons. The first-order valence-electron chi connectivity index (χ1n) is 10.3. The van der Waals surface area contributed by atoms with E-state index in [0.29, 0.717) is 24.2 Å². The minimum absolute atomic E-state index is 0.0339. The molecule has 3 N–H and O–H groups in total. The van der Waals surface area contributed by atoms with Crippen LogP contribution in [0.1, 0.15) is 42.2 Å². The van der Waals surface area contributed by atoms with Gasteiger partial charge in [-0.25, -0.2) is 4.39 Å². The van der Waals surface area contributed by atoms with E-state index in [2.05, 4.69) is 15.6 Å². The Balaban J connectivity index is 1.33. The Morgan fingerprint density at radius 1 is 1.31 bits per heavy atom. The predicted molar refractivity (Wildman–Crippen MR) is 116 cm³/mol. The van der Waals surface area contributed by atoms with Gasteiger partial charge in [0.25, 0.3) is 11.8 Å². The molecule has 1 aromatic carbocycles. The average molecular weight is 460 g/mol. The van der Waals surface area contributed by atoms with E-state index in [0.717, 1.165) is 23.6 Å². The Morgan fingerprint density at radius 2 is 2.09 bits per heavy atom. The van der Waals surface area contributed by atoms with Crippen LogP contribution >= 0.6 is 11.6 Å². The van der Waals surface area contributed by atoms with Crippen molar-refractivity contribution < 1.29 is 23.8 Å². The van der Waals surface area contributed by atoms with E-state index in [4.69, 9.17) is 16.3 Å². The standard InChI is InChI=1S/C23H23ClFN3O4/c1-2-13-3-6-18(26-11-13)22(31)28-23-8-14(9-23)21(19(29)10-23)27-20(30)12-32-15-4-5-16(24)17(25)7-15/h3-7,11,19,29H,2,8-10,12H2,1H3,(H,27,30)(H,28,31)/t19-/m0/s1. The van der Waals surface area contributed by atoms with Crippen molar-refractivity contribution in [2.24, 2.45) is 0 Å². The van der Waals surface area contributed by atoms with Crippen molar-refractivity contribution in [3.8, 4) is 5.75 Å². The van der Waals surface area contributed by atoms with Gasteiger partial charge in [-0.05, 0) is 48.6 Å². The minimum atomic E-state index is -0.917. The van der Waals surface area contributed by atoms with Gasteiger partial charge in [0.15, 0.2) is 6.61 Å². The monoisotopic (exact) mass is 459 g/mol. The summed E-state index contributed by atoms with van der Waals surface area (Å²) < 4.78 is 18.8. The van der Waals surface area contributed by atoms with Gasteiger partial charge in [-0.1, -0.05) is 24.6 Å². The van der Waals surface area contributed by atoms with Gasteiger partial charge in [0.1, 0.15) is 17.3 Å². The maximum atomic E-state index is 13.5. The normalized spacial score (nSPS) is 21.6. The van der Waals surface area contributed by atoms with Gasteiger partial charge in [-0.15, -0.1) is 0 Å². The van der Waals surface area contributed by atoms with Crippen molar-refractivity contribution in [2.75, 3.05) is 6.61 Å². The molecule has 1 aromatic heterocycles. The second-order valence-corrected chi connectivity index (χ2v) is 8.55. The molecule has 1 atom stereocenters. The van der Waals surface area contributed by atoms with E-state index in [9.17, 15) is 19.1 Å². The first-order valence-corrected chi connectivity index (χ1v) is 10.7. The van der Waals surface area contributed by atoms with Crippen LogP contribution in [0, 0.1) is 5.82 Å². The number of aromatic nitrogens is 1. The van der Waals surface area contributed by atoms with Crippen molar-refractivity contribution in [1.82, 2.24) is 15.6 Å². The molecule has 7 nitrogen and oxygen atoms in total. The minimum Gasteiger partial charge on any atom is -0.484 e. The number of rotatable bonds is 7. The lowest BCUT2D eigenvalue weighted by atomic mass is 9.63. The zero-order chi connectivity index (χ0) is 22.9. The lowest BCUT2D eigenvalue weighted by Gasteiger charge is -2.51. The van der Waals surface area contributed by atoms with Gasteiger partial charge in [0, 0.05) is 24.4 Å². The number of nitrogens with zero attached hydrogens (tertiary/aromatic N) is 1. The second kappa shape index (κ2) is 8.88. The summed E-state index contributed by atoms with van der Waals surface area (Å²) in [7, 11) is 0. The number of pyridine rings is 1. The second-order valence-electron chi connectivity index (χ2n) is 8.14. The summed E-state index contributed by atoms with van der Waals surface area (Å²) in [5, 5.41) is 16.2. The van der Waals surface area contributed by atoms with Crippen molar-refractivity contribution in [3.63, 3.8) is 0 Å². The van der Waals surface area contributed by atoms with Gasteiger partial charge < -0.3 is 20.5 Å². The number of aliphatic hydroxyl groups is 1. The number of carbonyl (C=O) groups is 2. The Bertz CT molecular complexity index is 1080. The third-order valence-corrected chi connectivity index (χ3v) is 6.09. The van der Waals surface area contributed by atoms with Crippen LogP contribution < -0.4 is 15.4 Å². The number of nitrogens with one attached hydrogen (secondary N) is 2. The molecule has 0 saturated heterocycles. The summed E-state index contributed by atoms with van der Waals surface area (Å²) in [6.07, 6.45) is 2.98. The molecule has 1 fully saturated rings. The third kappa shape index (κ3) is 4.61. The summed E-state index contributed by atoms with van der Waals surface area (Å²) in [5.74, 6) is -1.21. The van der Waals surface area contributed by atoms with E-state index in [1.54, 1.807) is 12.3 Å². The molecule has 2 bridgehead atoms. The fraction of sp³-hybridized carbons (Fsp3) is 0.348. The summed E-state index contributed by atoms with van der Waals surface area (Å²) in [4.78, 5) is 29.0. The predicted octanol–water partition coefficient (Wildman–Crippen LogP) is 2.91. The number of benzene rings is 1. The smallest absolute Gasteiger partial charge is 0.270 e. The molecule has 9 heteroatoms. The third-order valence-electron chi connectivity index (χ3n) is 5.78. The van der Waals surface area contributed by atoms with Gasteiger partial charge in [-0.3, -0.25) is 14.6 Å². The van der Waals surface area contributed by atoms with Gasteiger partial charge in [0.2, 0.25) is 0 Å². The summed E-state index contributed by atoms with van der Waals surface area (Å²) in [6, 6.07) is 7.47. The largest absolute Gasteiger partial charge is 0.484 e. The van der Waals surface area contributed by atoms with E-state index in [-0.39, 0.29) is 29.7 Å². The molecule has 3 aliphatic rings. The van der Waals surface area contributed by atoms with Crippen LogP contribution in [0.4, 0.5) is 4.39 Å². The molecule has 1 heterocycles. The van der Waals surface area contributed by atoms with E-state index in [1.165, 1.54) is 12.1 Å². The number of halogens is 2. The maximum absolute atomic E-state index is 13.5. The van der Waals surface area contributed by atoms with Crippen LogP contribution in [0.5, 0.6) is 5.75 Å². The zero-order valence-electron chi connectivity index (χ0n) is 17.5. The van der Waals surface area contributed by atoms with Crippen LogP contribution in [-0.2, 0) is 11.2 Å². The first kappa shape index (κ1) is 22.2. The van der Waals surface area contributed by atoms with Crippen LogP contribution in [0.15, 0.2) is 47.8 Å². The highest BCUT2D eigenvalue weighted by atomic mass is 35.5. The van der Waals surface area contributed by atoms with Gasteiger partial charge in [-0.2, -0.15) is 0 Å². The summed E-state index contributed by atoms with van der Waals surface area (Å²) >= 11 is 5.63. The highest BCUT2D eigenvalue weighted by Crippen LogP contribution is 2.47. The van der Waals surface area contributed by atoms with E-state index < -0.39 is 23.4 Å². The molecule has 5 rings (SSSR count). The SMILES string of the molecule is CCc1ccc(C(=O)NC23CC(=C(NC(=O)COc4ccc(Cl)c(F)c4)[C@@H](O)C2)C3)nc1. The molecule has 0 unspecified atom stereocenters. The fourth-order valence-electron chi connectivity index (χ4n) is 4.09. The molecule has 2 aromatic rings. The maximum Gasteiger partial charge on any atom is 0.270 e.